The molecule has 5 heteroatoms. The molecule has 0 N–H and O–H groups in total. The van der Waals surface area contributed by atoms with E-state index in [9.17, 15) is 4.79 Å². The molecule has 0 aromatic carbocycles. The van der Waals surface area contributed by atoms with Crippen LogP contribution < -0.4 is 4.90 Å². The van der Waals surface area contributed by atoms with Crippen molar-refractivity contribution in [3.8, 4) is 0 Å². The van der Waals surface area contributed by atoms with Crippen LogP contribution in [0.5, 0.6) is 0 Å². The zero-order chi connectivity index (χ0) is 13.0. The van der Waals surface area contributed by atoms with Crippen LogP contribution in [0.3, 0.4) is 0 Å². The molecule has 18 heavy (non-hydrogen) atoms. The Hall–Kier alpha value is -1.10. The van der Waals surface area contributed by atoms with E-state index in [0.29, 0.717) is 4.88 Å². The predicted molar refractivity (Wildman–Crippen MR) is 73.3 cm³/mol. The summed E-state index contributed by atoms with van der Waals surface area (Å²) in [6.45, 7) is 4.36. The maximum absolute atomic E-state index is 11.4. The maximum atomic E-state index is 11.4. The van der Waals surface area contributed by atoms with Crippen LogP contribution >= 0.6 is 11.3 Å². The van der Waals surface area contributed by atoms with Gasteiger partial charge < -0.3 is 9.64 Å². The molecule has 1 aromatic rings. The smallest absolute Gasteiger partial charge is 0.349 e. The summed E-state index contributed by atoms with van der Waals surface area (Å²) >= 11 is 1.43. The minimum absolute atomic E-state index is 0.292. The third kappa shape index (κ3) is 3.02. The lowest BCUT2D eigenvalue weighted by molar-refractivity contribution is 0.0606. The molecule has 0 aliphatic carbocycles. The second-order valence-corrected chi connectivity index (χ2v) is 5.70. The molecule has 0 bridgehead atoms. The topological polar surface area (TPSA) is 42.4 Å². The number of methoxy groups -OCH3 is 1. The number of carbonyl (C=O) groups excluding carboxylic acids is 1. The number of aromatic nitrogens is 1. The van der Waals surface area contributed by atoms with Gasteiger partial charge in [0.15, 0.2) is 5.13 Å². The Kier molecular flexibility index (Phi) is 4.58. The molecule has 1 aliphatic heterocycles. The van der Waals surface area contributed by atoms with E-state index in [0.717, 1.165) is 24.1 Å². The standard InChI is InChI=1S/C13H20N2O2S/c1-3-10-5-4-7-15(8-6-10)13-14-9-11(18-13)12(16)17-2/h9-10H,3-8H2,1-2H3. The zero-order valence-corrected chi connectivity index (χ0v) is 11.8. The van der Waals surface area contributed by atoms with Gasteiger partial charge in [0.25, 0.3) is 0 Å². The first-order chi connectivity index (χ1) is 8.74. The summed E-state index contributed by atoms with van der Waals surface area (Å²) in [7, 11) is 1.40. The lowest BCUT2D eigenvalue weighted by atomic mass is 9.98. The van der Waals surface area contributed by atoms with Crippen molar-refractivity contribution in [3.05, 3.63) is 11.1 Å². The number of hydrogen-bond acceptors (Lipinski definition) is 5. The highest BCUT2D eigenvalue weighted by Crippen LogP contribution is 2.27. The first-order valence-corrected chi connectivity index (χ1v) is 7.35. The van der Waals surface area contributed by atoms with E-state index in [2.05, 4.69) is 16.8 Å². The lowest BCUT2D eigenvalue weighted by Crippen LogP contribution is -2.23. The minimum Gasteiger partial charge on any atom is -0.465 e. The van der Waals surface area contributed by atoms with E-state index in [-0.39, 0.29) is 5.97 Å². The SMILES string of the molecule is CCC1CCCN(c2ncc(C(=O)OC)s2)CC1. The molecule has 1 atom stereocenters. The van der Waals surface area contributed by atoms with Gasteiger partial charge in [-0.25, -0.2) is 9.78 Å². The molecule has 1 aromatic heterocycles. The Balaban J connectivity index is 2.02. The second-order valence-electron chi connectivity index (χ2n) is 4.69. The molecule has 2 heterocycles. The van der Waals surface area contributed by atoms with Crippen molar-refractivity contribution in [3.63, 3.8) is 0 Å². The third-order valence-corrected chi connectivity index (χ3v) is 4.61. The molecule has 100 valence electrons. The van der Waals surface area contributed by atoms with Crippen molar-refractivity contribution < 1.29 is 9.53 Å². The van der Waals surface area contributed by atoms with Gasteiger partial charge in [-0.15, -0.1) is 0 Å². The van der Waals surface area contributed by atoms with Gasteiger partial charge in [0, 0.05) is 13.1 Å². The van der Waals surface area contributed by atoms with Gasteiger partial charge >= 0.3 is 5.97 Å². The van der Waals surface area contributed by atoms with Gasteiger partial charge in [0.2, 0.25) is 0 Å². The zero-order valence-electron chi connectivity index (χ0n) is 11.0. The maximum Gasteiger partial charge on any atom is 0.349 e. The number of esters is 1. The average molecular weight is 268 g/mol. The molecular formula is C13H20N2O2S. The van der Waals surface area contributed by atoms with Crippen molar-refractivity contribution in [2.75, 3.05) is 25.1 Å². The van der Waals surface area contributed by atoms with E-state index < -0.39 is 0 Å². The highest BCUT2D eigenvalue weighted by molar-refractivity contribution is 7.17. The largest absolute Gasteiger partial charge is 0.465 e. The summed E-state index contributed by atoms with van der Waals surface area (Å²) in [6, 6.07) is 0. The molecule has 1 aliphatic rings. The summed E-state index contributed by atoms with van der Waals surface area (Å²) in [5.41, 5.74) is 0. The van der Waals surface area contributed by atoms with E-state index in [1.165, 1.54) is 44.1 Å². The van der Waals surface area contributed by atoms with Crippen molar-refractivity contribution in [1.82, 2.24) is 4.98 Å². The van der Waals surface area contributed by atoms with Crippen molar-refractivity contribution in [2.45, 2.75) is 32.6 Å². The monoisotopic (exact) mass is 268 g/mol. The van der Waals surface area contributed by atoms with E-state index in [1.54, 1.807) is 6.20 Å². The van der Waals surface area contributed by atoms with Crippen LogP contribution in [-0.2, 0) is 4.74 Å². The Morgan fingerprint density at radius 3 is 3.11 bits per heavy atom. The predicted octanol–water partition coefficient (Wildman–Crippen LogP) is 2.95. The normalized spacial score (nSPS) is 20.6. The fraction of sp³-hybridized carbons (Fsp3) is 0.692. The van der Waals surface area contributed by atoms with Crippen LogP contribution in [0.1, 0.15) is 42.3 Å². The van der Waals surface area contributed by atoms with Crippen LogP contribution in [0.4, 0.5) is 5.13 Å². The molecule has 0 amide bonds. The third-order valence-electron chi connectivity index (χ3n) is 3.58. The number of nitrogens with zero attached hydrogens (tertiary/aromatic N) is 2. The molecule has 0 spiro atoms. The number of rotatable bonds is 3. The van der Waals surface area contributed by atoms with Gasteiger partial charge in [-0.1, -0.05) is 24.7 Å². The molecular weight excluding hydrogens is 248 g/mol. The highest BCUT2D eigenvalue weighted by atomic mass is 32.1. The van der Waals surface area contributed by atoms with Crippen LogP contribution in [0, 0.1) is 5.92 Å². The summed E-state index contributed by atoms with van der Waals surface area (Å²) in [5, 5.41) is 0.951. The summed E-state index contributed by atoms with van der Waals surface area (Å²) in [4.78, 5) is 18.6. The van der Waals surface area contributed by atoms with Gasteiger partial charge in [-0.2, -0.15) is 0 Å². The van der Waals surface area contributed by atoms with Gasteiger partial charge in [-0.05, 0) is 25.2 Å². The molecule has 1 saturated heterocycles. The summed E-state index contributed by atoms with van der Waals surface area (Å²) in [6.07, 6.45) is 6.63. The van der Waals surface area contributed by atoms with E-state index in [1.807, 2.05) is 0 Å². The molecule has 4 nitrogen and oxygen atoms in total. The highest BCUT2D eigenvalue weighted by Gasteiger charge is 2.19. The van der Waals surface area contributed by atoms with Crippen molar-refractivity contribution in [1.29, 1.82) is 0 Å². The van der Waals surface area contributed by atoms with E-state index in [4.69, 9.17) is 4.74 Å². The fourth-order valence-corrected chi connectivity index (χ4v) is 3.26. The van der Waals surface area contributed by atoms with Gasteiger partial charge in [0.1, 0.15) is 4.88 Å². The molecule has 1 fully saturated rings. The molecule has 2 rings (SSSR count). The number of hydrogen-bond donors (Lipinski definition) is 0. The quantitative estimate of drug-likeness (QED) is 0.790. The van der Waals surface area contributed by atoms with Gasteiger partial charge in [-0.3, -0.25) is 0 Å². The van der Waals surface area contributed by atoms with Crippen molar-refractivity contribution in [2.24, 2.45) is 5.92 Å². The molecule has 0 radical (unpaired) electrons. The molecule has 0 saturated carbocycles. The number of thiazole rings is 1. The minimum atomic E-state index is -0.292. The Bertz CT molecular complexity index is 405. The first kappa shape index (κ1) is 13.3. The van der Waals surface area contributed by atoms with Crippen LogP contribution in [-0.4, -0.2) is 31.2 Å². The average Bonchev–Trinajstić information content (AvgIpc) is 2.76. The van der Waals surface area contributed by atoms with Crippen LogP contribution in [0.25, 0.3) is 0 Å². The Labute approximate surface area is 112 Å². The fourth-order valence-electron chi connectivity index (χ4n) is 2.37. The van der Waals surface area contributed by atoms with Crippen LogP contribution in [0.2, 0.25) is 0 Å². The Morgan fingerprint density at radius 1 is 1.56 bits per heavy atom. The first-order valence-electron chi connectivity index (χ1n) is 6.53. The number of carbonyl (C=O) groups is 1. The summed E-state index contributed by atoms with van der Waals surface area (Å²) in [5.74, 6) is 0.551. The number of ether oxygens (including phenoxy) is 1. The summed E-state index contributed by atoms with van der Waals surface area (Å²) < 4.78 is 4.71. The van der Waals surface area contributed by atoms with Gasteiger partial charge in [0.05, 0.1) is 13.3 Å². The van der Waals surface area contributed by atoms with E-state index >= 15 is 0 Å². The Morgan fingerprint density at radius 2 is 2.39 bits per heavy atom. The van der Waals surface area contributed by atoms with Crippen molar-refractivity contribution >= 4 is 22.4 Å². The lowest BCUT2D eigenvalue weighted by Gasteiger charge is -2.19. The van der Waals surface area contributed by atoms with Crippen LogP contribution in [0.15, 0.2) is 6.20 Å². The number of anilines is 1. The molecule has 1 unspecified atom stereocenters. The second kappa shape index (κ2) is 6.18.